The third kappa shape index (κ3) is 2.37. The molecule has 2 aromatic rings. The van der Waals surface area contributed by atoms with Crippen molar-refractivity contribution >= 4 is 43.6 Å². The van der Waals surface area contributed by atoms with Crippen molar-refractivity contribution in [1.29, 1.82) is 0 Å². The molecule has 6 heteroatoms. The van der Waals surface area contributed by atoms with Crippen LogP contribution in [0.5, 0.6) is 0 Å². The SMILES string of the molecule is O=C1O[C@@H](Nc2ncc(Br)cc2Br)c2ccccc21. The van der Waals surface area contributed by atoms with Crippen LogP contribution in [0.1, 0.15) is 22.1 Å². The lowest BCUT2D eigenvalue weighted by atomic mass is 10.1. The lowest BCUT2D eigenvalue weighted by Crippen LogP contribution is -2.11. The van der Waals surface area contributed by atoms with Crippen molar-refractivity contribution in [3.05, 3.63) is 56.6 Å². The number of carbonyl (C=O) groups is 1. The average Bonchev–Trinajstić information content (AvgIpc) is 2.71. The van der Waals surface area contributed by atoms with Gasteiger partial charge in [0.25, 0.3) is 0 Å². The van der Waals surface area contributed by atoms with Gasteiger partial charge in [0.2, 0.25) is 6.23 Å². The fourth-order valence-corrected chi connectivity index (χ4v) is 3.00. The molecule has 1 aromatic heterocycles. The van der Waals surface area contributed by atoms with Crippen molar-refractivity contribution in [1.82, 2.24) is 4.98 Å². The molecule has 4 nitrogen and oxygen atoms in total. The van der Waals surface area contributed by atoms with Crippen LogP contribution in [-0.2, 0) is 4.74 Å². The second-order valence-electron chi connectivity index (χ2n) is 4.00. The van der Waals surface area contributed by atoms with Crippen molar-refractivity contribution in [2.75, 3.05) is 5.32 Å². The molecule has 0 unspecified atom stereocenters. The van der Waals surface area contributed by atoms with Gasteiger partial charge in [-0.3, -0.25) is 0 Å². The van der Waals surface area contributed by atoms with Crippen molar-refractivity contribution < 1.29 is 9.53 Å². The molecule has 2 heterocycles. The van der Waals surface area contributed by atoms with Gasteiger partial charge in [0.05, 0.1) is 10.0 Å². The van der Waals surface area contributed by atoms with E-state index < -0.39 is 6.23 Å². The Labute approximate surface area is 126 Å². The number of ether oxygens (including phenoxy) is 1. The maximum atomic E-state index is 11.7. The molecule has 0 bridgehead atoms. The van der Waals surface area contributed by atoms with Gasteiger partial charge >= 0.3 is 5.97 Å². The van der Waals surface area contributed by atoms with Crippen LogP contribution in [0.2, 0.25) is 0 Å². The Balaban J connectivity index is 1.91. The number of anilines is 1. The second-order valence-corrected chi connectivity index (χ2v) is 5.77. The van der Waals surface area contributed by atoms with Crippen LogP contribution >= 0.6 is 31.9 Å². The molecule has 1 aliphatic rings. The second kappa shape index (κ2) is 4.94. The third-order valence-corrected chi connectivity index (χ3v) is 3.80. The van der Waals surface area contributed by atoms with E-state index in [0.717, 1.165) is 14.5 Å². The molecule has 96 valence electrons. The molecule has 0 saturated carbocycles. The molecule has 0 fully saturated rings. The number of cyclic esters (lactones) is 1. The van der Waals surface area contributed by atoms with E-state index in [2.05, 4.69) is 42.2 Å². The van der Waals surface area contributed by atoms with E-state index in [4.69, 9.17) is 4.74 Å². The predicted octanol–water partition coefficient (Wildman–Crippen LogP) is 3.89. The number of benzene rings is 1. The zero-order chi connectivity index (χ0) is 13.4. The summed E-state index contributed by atoms with van der Waals surface area (Å²) in [7, 11) is 0. The van der Waals surface area contributed by atoms with Gasteiger partial charge < -0.3 is 10.1 Å². The highest BCUT2D eigenvalue weighted by Gasteiger charge is 2.30. The maximum absolute atomic E-state index is 11.7. The summed E-state index contributed by atoms with van der Waals surface area (Å²) in [6, 6.07) is 9.18. The molecule has 0 spiro atoms. The fourth-order valence-electron chi connectivity index (χ4n) is 1.90. The van der Waals surface area contributed by atoms with E-state index in [9.17, 15) is 4.79 Å². The predicted molar refractivity (Wildman–Crippen MR) is 77.9 cm³/mol. The van der Waals surface area contributed by atoms with Crippen molar-refractivity contribution in [2.24, 2.45) is 0 Å². The van der Waals surface area contributed by atoms with E-state index in [1.807, 2.05) is 24.3 Å². The molecule has 1 aromatic carbocycles. The van der Waals surface area contributed by atoms with Crippen LogP contribution in [-0.4, -0.2) is 11.0 Å². The number of esters is 1. The molecule has 0 saturated heterocycles. The van der Waals surface area contributed by atoms with Crippen LogP contribution in [0, 0.1) is 0 Å². The van der Waals surface area contributed by atoms with Crippen molar-refractivity contribution in [2.45, 2.75) is 6.23 Å². The summed E-state index contributed by atoms with van der Waals surface area (Å²) >= 11 is 6.75. The minimum atomic E-state index is -0.506. The largest absolute Gasteiger partial charge is 0.434 e. The lowest BCUT2D eigenvalue weighted by molar-refractivity contribution is 0.0436. The molecular weight excluding hydrogens is 376 g/mol. The van der Waals surface area contributed by atoms with Gasteiger partial charge in [0.15, 0.2) is 0 Å². The molecule has 1 atom stereocenters. The van der Waals surface area contributed by atoms with E-state index >= 15 is 0 Å². The summed E-state index contributed by atoms with van der Waals surface area (Å²) in [4.78, 5) is 15.9. The third-order valence-electron chi connectivity index (χ3n) is 2.76. The molecule has 0 radical (unpaired) electrons. The first-order valence-corrected chi connectivity index (χ1v) is 7.11. The number of halogens is 2. The van der Waals surface area contributed by atoms with Gasteiger partial charge in [-0.15, -0.1) is 0 Å². The van der Waals surface area contributed by atoms with Gasteiger partial charge in [0.1, 0.15) is 5.82 Å². The normalized spacial score (nSPS) is 16.9. The van der Waals surface area contributed by atoms with Gasteiger partial charge in [-0.2, -0.15) is 0 Å². The van der Waals surface area contributed by atoms with Gasteiger partial charge in [-0.05, 0) is 44.0 Å². The minimum Gasteiger partial charge on any atom is -0.434 e. The topological polar surface area (TPSA) is 51.2 Å². The van der Waals surface area contributed by atoms with Crippen molar-refractivity contribution in [3.63, 3.8) is 0 Å². The minimum absolute atomic E-state index is 0.318. The first-order valence-electron chi connectivity index (χ1n) is 5.52. The number of nitrogens with zero attached hydrogens (tertiary/aromatic N) is 1. The monoisotopic (exact) mass is 382 g/mol. The molecule has 1 N–H and O–H groups in total. The van der Waals surface area contributed by atoms with Crippen LogP contribution in [0.15, 0.2) is 45.5 Å². The fraction of sp³-hybridized carbons (Fsp3) is 0.0769. The molecule has 0 amide bonds. The molecule has 1 aliphatic heterocycles. The summed E-state index contributed by atoms with van der Waals surface area (Å²) in [5.41, 5.74) is 1.41. The Hall–Kier alpha value is -1.40. The Morgan fingerprint density at radius 2 is 2.05 bits per heavy atom. The Morgan fingerprint density at radius 3 is 2.84 bits per heavy atom. The first kappa shape index (κ1) is 12.6. The van der Waals surface area contributed by atoms with Crippen LogP contribution in [0.3, 0.4) is 0 Å². The Kier molecular flexibility index (Phi) is 3.28. The summed E-state index contributed by atoms with van der Waals surface area (Å²) in [5.74, 6) is 0.305. The number of rotatable bonds is 2. The van der Waals surface area contributed by atoms with E-state index in [-0.39, 0.29) is 5.97 Å². The molecule has 3 rings (SSSR count). The molecule has 0 aliphatic carbocycles. The number of hydrogen-bond acceptors (Lipinski definition) is 4. The van der Waals surface area contributed by atoms with Crippen LogP contribution in [0.4, 0.5) is 5.82 Å². The molecule has 19 heavy (non-hydrogen) atoms. The van der Waals surface area contributed by atoms with E-state index in [1.54, 1.807) is 12.3 Å². The van der Waals surface area contributed by atoms with Crippen LogP contribution in [0.25, 0.3) is 0 Å². The number of pyridine rings is 1. The number of aromatic nitrogens is 1. The standard InChI is InChI=1S/C13H8Br2N2O2/c14-7-5-10(15)11(16-6-7)17-12-8-3-1-2-4-9(8)13(18)19-12/h1-6,12H,(H,16,17)/t12-/m1/s1. The van der Waals surface area contributed by atoms with Gasteiger partial charge in [0, 0.05) is 16.2 Å². The molecular formula is C13H8Br2N2O2. The Morgan fingerprint density at radius 1 is 1.26 bits per heavy atom. The number of nitrogens with one attached hydrogen (secondary N) is 1. The van der Waals surface area contributed by atoms with Crippen molar-refractivity contribution in [3.8, 4) is 0 Å². The lowest BCUT2D eigenvalue weighted by Gasteiger charge is -2.14. The smallest absolute Gasteiger partial charge is 0.340 e. The summed E-state index contributed by atoms with van der Waals surface area (Å²) in [6.07, 6.45) is 1.17. The highest BCUT2D eigenvalue weighted by molar-refractivity contribution is 9.11. The number of hydrogen-bond donors (Lipinski definition) is 1. The summed E-state index contributed by atoms with van der Waals surface area (Å²) in [5, 5.41) is 3.10. The van der Waals surface area contributed by atoms with E-state index in [1.165, 1.54) is 0 Å². The highest BCUT2D eigenvalue weighted by atomic mass is 79.9. The van der Waals surface area contributed by atoms with E-state index in [0.29, 0.717) is 11.4 Å². The quantitative estimate of drug-likeness (QED) is 0.799. The maximum Gasteiger partial charge on any atom is 0.340 e. The number of fused-ring (bicyclic) bond motifs is 1. The number of carbonyl (C=O) groups excluding carboxylic acids is 1. The summed E-state index contributed by atoms with van der Waals surface area (Å²) < 4.78 is 6.96. The Bertz CT molecular complexity index is 661. The summed E-state index contributed by atoms with van der Waals surface area (Å²) in [6.45, 7) is 0. The highest BCUT2D eigenvalue weighted by Crippen LogP contribution is 2.33. The zero-order valence-corrected chi connectivity index (χ0v) is 12.7. The van der Waals surface area contributed by atoms with Crippen LogP contribution < -0.4 is 5.32 Å². The zero-order valence-electron chi connectivity index (χ0n) is 9.56. The average molecular weight is 384 g/mol. The van der Waals surface area contributed by atoms with Gasteiger partial charge in [-0.25, -0.2) is 9.78 Å². The van der Waals surface area contributed by atoms with Gasteiger partial charge in [-0.1, -0.05) is 18.2 Å². The first-order chi connectivity index (χ1) is 9.15.